The van der Waals surface area contributed by atoms with Crippen LogP contribution < -0.4 is 9.47 Å². The second-order valence-corrected chi connectivity index (χ2v) is 9.42. The van der Waals surface area contributed by atoms with Gasteiger partial charge in [0.1, 0.15) is 18.9 Å². The average molecular weight is 443 g/mol. The fraction of sp³-hybridized carbons (Fsp3) is 0.400. The van der Waals surface area contributed by atoms with Crippen LogP contribution in [0.15, 0.2) is 46.2 Å². The minimum Gasteiger partial charge on any atom is -0.486 e. The number of fused-ring (bicyclic) bond motifs is 1. The molecule has 0 amide bonds. The second-order valence-electron chi connectivity index (χ2n) is 7.48. The van der Waals surface area contributed by atoms with E-state index in [1.807, 2.05) is 0 Å². The Morgan fingerprint density at radius 2 is 2.00 bits per heavy atom. The molecule has 1 aromatic carbocycles. The zero-order valence-electron chi connectivity index (χ0n) is 16.7. The van der Waals surface area contributed by atoms with E-state index in [2.05, 4.69) is 20.1 Å². The maximum Gasteiger partial charge on any atom is 0.243 e. The molecule has 31 heavy (non-hydrogen) atoms. The molecule has 4 heterocycles. The number of ether oxygens (including phenoxy) is 2. The number of sulfonamides is 1. The summed E-state index contributed by atoms with van der Waals surface area (Å²) in [5, 5.41) is 3.96. The Labute approximate surface area is 179 Å². The van der Waals surface area contributed by atoms with E-state index in [1.54, 1.807) is 36.8 Å². The van der Waals surface area contributed by atoms with E-state index >= 15 is 0 Å². The summed E-state index contributed by atoms with van der Waals surface area (Å²) in [7, 11) is -3.65. The highest BCUT2D eigenvalue weighted by Crippen LogP contribution is 2.34. The molecule has 2 aliphatic heterocycles. The number of nitrogens with zero attached hydrogens (tertiary/aromatic N) is 5. The molecule has 3 aromatic rings. The van der Waals surface area contributed by atoms with Crippen LogP contribution >= 0.6 is 0 Å². The van der Waals surface area contributed by atoms with Crippen LogP contribution in [0.3, 0.4) is 0 Å². The number of aromatic nitrogens is 4. The number of hydrogen-bond donors (Lipinski definition) is 0. The predicted octanol–water partition coefficient (Wildman–Crippen LogP) is 1.94. The Morgan fingerprint density at radius 3 is 2.84 bits per heavy atom. The zero-order valence-corrected chi connectivity index (χ0v) is 17.5. The lowest BCUT2D eigenvalue weighted by Gasteiger charge is -2.31. The Morgan fingerprint density at radius 1 is 1.13 bits per heavy atom. The Kier molecular flexibility index (Phi) is 5.28. The van der Waals surface area contributed by atoms with Gasteiger partial charge in [0.25, 0.3) is 0 Å². The van der Waals surface area contributed by atoms with Gasteiger partial charge in [0, 0.05) is 38.0 Å². The quantitative estimate of drug-likeness (QED) is 0.582. The van der Waals surface area contributed by atoms with Crippen molar-refractivity contribution in [3.05, 3.63) is 42.7 Å². The molecule has 11 heteroatoms. The smallest absolute Gasteiger partial charge is 0.243 e. The third-order valence-electron chi connectivity index (χ3n) is 5.36. The first-order chi connectivity index (χ1) is 15.1. The molecule has 1 atom stereocenters. The van der Waals surface area contributed by atoms with E-state index in [-0.39, 0.29) is 10.8 Å². The molecule has 0 saturated carbocycles. The van der Waals surface area contributed by atoms with Gasteiger partial charge in [-0.1, -0.05) is 5.16 Å². The molecule has 10 nitrogen and oxygen atoms in total. The summed E-state index contributed by atoms with van der Waals surface area (Å²) >= 11 is 0. The number of piperidine rings is 1. The van der Waals surface area contributed by atoms with Gasteiger partial charge in [0.05, 0.1) is 11.1 Å². The maximum absolute atomic E-state index is 13.2. The lowest BCUT2D eigenvalue weighted by molar-refractivity contribution is 0.171. The molecular formula is C20H21N5O5S. The van der Waals surface area contributed by atoms with Crippen molar-refractivity contribution in [2.24, 2.45) is 5.92 Å². The van der Waals surface area contributed by atoms with Crippen LogP contribution in [0, 0.1) is 5.92 Å². The van der Waals surface area contributed by atoms with Crippen molar-refractivity contribution in [1.82, 2.24) is 24.4 Å². The van der Waals surface area contributed by atoms with E-state index in [0.29, 0.717) is 61.6 Å². The predicted molar refractivity (Wildman–Crippen MR) is 108 cm³/mol. The first-order valence-electron chi connectivity index (χ1n) is 10.1. The molecule has 5 rings (SSSR count). The molecule has 2 aromatic heterocycles. The van der Waals surface area contributed by atoms with Crippen LogP contribution in [0.5, 0.6) is 11.5 Å². The SMILES string of the molecule is O=S(=O)(c1ccc2c(c1)OCCO2)N1CCCC(Cc2nc(-c3cnccn3)no2)C1. The zero-order chi connectivity index (χ0) is 21.3. The van der Waals surface area contributed by atoms with E-state index in [0.717, 1.165) is 12.8 Å². The summed E-state index contributed by atoms with van der Waals surface area (Å²) in [6, 6.07) is 4.76. The largest absolute Gasteiger partial charge is 0.486 e. The highest BCUT2D eigenvalue weighted by Gasteiger charge is 2.32. The molecule has 0 aliphatic carbocycles. The molecule has 2 aliphatic rings. The number of benzene rings is 1. The van der Waals surface area contributed by atoms with Gasteiger partial charge in [-0.25, -0.2) is 13.4 Å². The molecular weight excluding hydrogens is 422 g/mol. The number of hydrogen-bond acceptors (Lipinski definition) is 9. The van der Waals surface area contributed by atoms with Crippen LogP contribution in [0.25, 0.3) is 11.5 Å². The van der Waals surface area contributed by atoms with Crippen molar-refractivity contribution in [1.29, 1.82) is 0 Å². The fourth-order valence-electron chi connectivity index (χ4n) is 3.85. The van der Waals surface area contributed by atoms with Gasteiger partial charge in [0.2, 0.25) is 21.7 Å². The Balaban J connectivity index is 1.29. The lowest BCUT2D eigenvalue weighted by atomic mass is 9.96. The summed E-state index contributed by atoms with van der Waals surface area (Å²) in [5.74, 6) is 1.94. The van der Waals surface area contributed by atoms with Crippen molar-refractivity contribution >= 4 is 10.0 Å². The maximum atomic E-state index is 13.2. The molecule has 0 bridgehead atoms. The first kappa shape index (κ1) is 19.9. The Hall–Kier alpha value is -3.05. The van der Waals surface area contributed by atoms with Crippen molar-refractivity contribution in [2.75, 3.05) is 26.3 Å². The first-order valence-corrected chi connectivity index (χ1v) is 11.5. The van der Waals surface area contributed by atoms with Crippen LogP contribution in [0.2, 0.25) is 0 Å². The highest BCUT2D eigenvalue weighted by atomic mass is 32.2. The highest BCUT2D eigenvalue weighted by molar-refractivity contribution is 7.89. The van der Waals surface area contributed by atoms with E-state index in [4.69, 9.17) is 14.0 Å². The third-order valence-corrected chi connectivity index (χ3v) is 7.22. The van der Waals surface area contributed by atoms with E-state index in [9.17, 15) is 8.42 Å². The van der Waals surface area contributed by atoms with Gasteiger partial charge in [-0.2, -0.15) is 9.29 Å². The fourth-order valence-corrected chi connectivity index (χ4v) is 5.42. The molecule has 162 valence electrons. The monoisotopic (exact) mass is 443 g/mol. The molecule has 0 radical (unpaired) electrons. The van der Waals surface area contributed by atoms with Crippen molar-refractivity contribution in [3.8, 4) is 23.0 Å². The van der Waals surface area contributed by atoms with Crippen molar-refractivity contribution in [2.45, 2.75) is 24.2 Å². The Bertz CT molecular complexity index is 1170. The topological polar surface area (TPSA) is 121 Å². The number of rotatable bonds is 5. The summed E-state index contributed by atoms with van der Waals surface area (Å²) in [4.78, 5) is 12.8. The van der Waals surface area contributed by atoms with Crippen molar-refractivity contribution in [3.63, 3.8) is 0 Å². The molecule has 1 saturated heterocycles. The van der Waals surface area contributed by atoms with E-state index in [1.165, 1.54) is 4.31 Å². The van der Waals surface area contributed by atoms with Crippen molar-refractivity contribution < 1.29 is 22.4 Å². The van der Waals surface area contributed by atoms with Crippen LogP contribution in [0.4, 0.5) is 0 Å². The van der Waals surface area contributed by atoms with Gasteiger partial charge >= 0.3 is 0 Å². The lowest BCUT2D eigenvalue weighted by Crippen LogP contribution is -2.40. The third kappa shape index (κ3) is 4.10. The van der Waals surface area contributed by atoms with Crippen LogP contribution in [-0.2, 0) is 16.4 Å². The summed E-state index contributed by atoms with van der Waals surface area (Å²) < 4.78 is 44.4. The summed E-state index contributed by atoms with van der Waals surface area (Å²) in [6.07, 6.45) is 6.85. The average Bonchev–Trinajstić information content (AvgIpc) is 3.28. The van der Waals surface area contributed by atoms with Crippen LogP contribution in [-0.4, -0.2) is 59.1 Å². The summed E-state index contributed by atoms with van der Waals surface area (Å²) in [5.41, 5.74) is 0.531. The molecule has 1 unspecified atom stereocenters. The minimum absolute atomic E-state index is 0.0795. The summed E-state index contributed by atoms with van der Waals surface area (Å²) in [6.45, 7) is 1.73. The molecule has 1 fully saturated rings. The second kappa shape index (κ2) is 8.23. The molecule has 0 spiro atoms. The van der Waals surface area contributed by atoms with Gasteiger partial charge in [-0.05, 0) is 30.9 Å². The van der Waals surface area contributed by atoms with Crippen LogP contribution in [0.1, 0.15) is 18.7 Å². The minimum atomic E-state index is -3.65. The van der Waals surface area contributed by atoms with Gasteiger partial charge in [0.15, 0.2) is 11.5 Å². The normalized spacial score (nSPS) is 19.3. The molecule has 0 N–H and O–H groups in total. The van der Waals surface area contributed by atoms with Gasteiger partial charge in [-0.15, -0.1) is 0 Å². The standard InChI is InChI=1S/C20H21N5O5S/c26-31(27,15-3-4-17-18(11-15)29-9-8-28-17)25-7-1-2-14(13-25)10-19-23-20(24-30-19)16-12-21-5-6-22-16/h3-6,11-12,14H,1-2,7-10,13H2. The van der Waals surface area contributed by atoms with E-state index < -0.39 is 10.0 Å². The van der Waals surface area contributed by atoms with Gasteiger partial charge in [-0.3, -0.25) is 4.98 Å². The van der Waals surface area contributed by atoms with Gasteiger partial charge < -0.3 is 14.0 Å².